The first kappa shape index (κ1) is 27.0. The van der Waals surface area contributed by atoms with Crippen LogP contribution in [-0.4, -0.2) is 52.5 Å². The number of nitrogens with zero attached hydrogens (tertiary/aromatic N) is 2. The van der Waals surface area contributed by atoms with E-state index in [4.69, 9.17) is 15.2 Å². The van der Waals surface area contributed by atoms with E-state index in [1.165, 1.54) is 6.92 Å². The average Bonchev–Trinajstić information content (AvgIpc) is 3.19. The van der Waals surface area contributed by atoms with Crippen LogP contribution >= 0.6 is 0 Å². The van der Waals surface area contributed by atoms with Crippen LogP contribution < -0.4 is 21.1 Å². The lowest BCUT2D eigenvalue weighted by Gasteiger charge is -2.59. The van der Waals surface area contributed by atoms with Gasteiger partial charge in [0, 0.05) is 24.6 Å². The number of nitrogens with one attached hydrogen (secondary N) is 2. The van der Waals surface area contributed by atoms with Crippen LogP contribution in [0.2, 0.25) is 0 Å². The minimum absolute atomic E-state index is 0.0192. The van der Waals surface area contributed by atoms with E-state index in [1.807, 2.05) is 33.8 Å². The Labute approximate surface area is 218 Å². The van der Waals surface area contributed by atoms with Crippen molar-refractivity contribution >= 4 is 24.1 Å². The monoisotopic (exact) mass is 515 g/mol. The fraction of sp³-hybridized carbons (Fsp3) is 0.704. The molecule has 3 amide bonds. The summed E-state index contributed by atoms with van der Waals surface area (Å²) in [6.45, 7) is 10.1. The van der Waals surface area contributed by atoms with E-state index in [9.17, 15) is 14.4 Å². The van der Waals surface area contributed by atoms with Gasteiger partial charge in [-0.2, -0.15) is 5.10 Å². The Hall–Kier alpha value is -3.04. The van der Waals surface area contributed by atoms with Crippen molar-refractivity contribution in [2.75, 3.05) is 13.2 Å². The molecule has 0 radical (unpaired) electrons. The average molecular weight is 516 g/mol. The number of primary amides is 1. The van der Waals surface area contributed by atoms with Gasteiger partial charge in [0.25, 0.3) is 5.91 Å². The van der Waals surface area contributed by atoms with Crippen LogP contribution in [0.15, 0.2) is 12.3 Å². The summed E-state index contributed by atoms with van der Waals surface area (Å²) in [7, 11) is 0. The molecule has 204 valence electrons. The minimum atomic E-state index is -0.721. The Balaban J connectivity index is 1.50. The molecule has 4 aliphatic carbocycles. The molecule has 2 atom stereocenters. The van der Waals surface area contributed by atoms with Gasteiger partial charge in [0.15, 0.2) is 0 Å². The zero-order chi connectivity index (χ0) is 27.0. The topological polar surface area (TPSA) is 138 Å². The molecule has 5 rings (SSSR count). The minimum Gasteiger partial charge on any atom is -0.477 e. The molecule has 37 heavy (non-hydrogen) atoms. The summed E-state index contributed by atoms with van der Waals surface area (Å²) in [6, 6.07) is 0.0706. The van der Waals surface area contributed by atoms with Crippen LogP contribution in [0.1, 0.15) is 77.1 Å². The van der Waals surface area contributed by atoms with Crippen molar-refractivity contribution in [3.8, 4) is 5.88 Å². The van der Waals surface area contributed by atoms with Gasteiger partial charge in [0.05, 0.1) is 24.9 Å². The number of hydrogen-bond acceptors (Lipinski definition) is 6. The molecule has 10 nitrogen and oxygen atoms in total. The number of hydrogen-bond donors (Lipinski definition) is 3. The second kappa shape index (κ2) is 10.4. The molecule has 0 spiro atoms. The van der Waals surface area contributed by atoms with Crippen LogP contribution in [0.5, 0.6) is 5.88 Å². The maximum Gasteiger partial charge on any atom is 0.404 e. The second-order valence-corrected chi connectivity index (χ2v) is 12.3. The molecule has 1 heterocycles. The lowest BCUT2D eigenvalue weighted by Crippen LogP contribution is -2.60. The maximum absolute atomic E-state index is 13.5. The molecule has 4 bridgehead atoms. The van der Waals surface area contributed by atoms with E-state index in [1.54, 1.807) is 17.1 Å². The molecule has 4 N–H and O–H groups in total. The Morgan fingerprint density at radius 3 is 2.51 bits per heavy atom. The maximum atomic E-state index is 13.5. The highest BCUT2D eigenvalue weighted by atomic mass is 16.5. The fourth-order valence-corrected chi connectivity index (χ4v) is 6.81. The molecule has 4 aliphatic rings. The summed E-state index contributed by atoms with van der Waals surface area (Å²) >= 11 is 0. The number of rotatable bonds is 10. The Bertz CT molecular complexity index is 1050. The third kappa shape index (κ3) is 6.27. The van der Waals surface area contributed by atoms with Gasteiger partial charge < -0.3 is 25.8 Å². The predicted molar refractivity (Wildman–Crippen MR) is 139 cm³/mol. The van der Waals surface area contributed by atoms with Gasteiger partial charge in [-0.05, 0) is 75.7 Å². The zero-order valence-corrected chi connectivity index (χ0v) is 22.6. The number of aromatic nitrogens is 2. The van der Waals surface area contributed by atoms with E-state index < -0.39 is 11.6 Å². The third-order valence-corrected chi connectivity index (χ3v) is 7.90. The predicted octanol–water partition coefficient (Wildman–Crippen LogP) is 3.32. The number of ether oxygens (including phenoxy) is 2. The standard InChI is InChI=1S/C27H41N5O5/c1-16(2)14-36-24-21(13-29-32(24)7-6-26(4,5)31-17(3)33)23(34)30-22-19-8-18-9-20(22)12-27(10-18,11-19)15-37-25(28)35/h6-7,13,16,18-20,22H,8-12,14-15H2,1-5H3,(H2,28,35)(H,30,34)(H,31,33). The third-order valence-electron chi connectivity index (χ3n) is 7.90. The summed E-state index contributed by atoms with van der Waals surface area (Å²) in [5, 5.41) is 10.6. The van der Waals surface area contributed by atoms with Gasteiger partial charge in [-0.15, -0.1) is 0 Å². The summed E-state index contributed by atoms with van der Waals surface area (Å²) in [5.41, 5.74) is 5.02. The molecule has 4 fully saturated rings. The SMILES string of the molecule is CC(=O)NC(C)(C)C=Cn1ncc(C(=O)NC2C3CC4CC2CC(COC(N)=O)(C4)C3)c1OCC(C)C. The van der Waals surface area contributed by atoms with Crippen molar-refractivity contribution < 1.29 is 23.9 Å². The van der Waals surface area contributed by atoms with Crippen LogP contribution in [0.3, 0.4) is 0 Å². The molecule has 2 unspecified atom stereocenters. The number of nitrogens with two attached hydrogens (primary N) is 1. The van der Waals surface area contributed by atoms with Crippen molar-refractivity contribution in [1.29, 1.82) is 0 Å². The van der Waals surface area contributed by atoms with Gasteiger partial charge in [-0.3, -0.25) is 9.59 Å². The summed E-state index contributed by atoms with van der Waals surface area (Å²) < 4.78 is 12.8. The van der Waals surface area contributed by atoms with E-state index >= 15 is 0 Å². The van der Waals surface area contributed by atoms with E-state index in [0.717, 1.165) is 32.1 Å². The smallest absolute Gasteiger partial charge is 0.404 e. The molecular weight excluding hydrogens is 474 g/mol. The summed E-state index contributed by atoms with van der Waals surface area (Å²) in [6.07, 6.45) is 9.43. The molecule has 4 saturated carbocycles. The van der Waals surface area contributed by atoms with Crippen molar-refractivity contribution in [2.45, 2.75) is 78.3 Å². The Morgan fingerprint density at radius 1 is 1.24 bits per heavy atom. The highest BCUT2D eigenvalue weighted by molar-refractivity contribution is 5.96. The van der Waals surface area contributed by atoms with Crippen LogP contribution in [0, 0.1) is 29.1 Å². The number of amides is 3. The second-order valence-electron chi connectivity index (χ2n) is 12.3. The largest absolute Gasteiger partial charge is 0.477 e. The van der Waals surface area contributed by atoms with E-state index in [0.29, 0.717) is 42.4 Å². The van der Waals surface area contributed by atoms with Crippen molar-refractivity contribution in [2.24, 2.45) is 34.8 Å². The van der Waals surface area contributed by atoms with E-state index in [-0.39, 0.29) is 29.2 Å². The Kier molecular flexibility index (Phi) is 7.57. The lowest BCUT2D eigenvalue weighted by atomic mass is 9.48. The molecule has 10 heteroatoms. The first-order valence-corrected chi connectivity index (χ1v) is 13.3. The normalized spacial score (nSPS) is 28.5. The van der Waals surface area contributed by atoms with Gasteiger partial charge >= 0.3 is 6.09 Å². The summed E-state index contributed by atoms with van der Waals surface area (Å²) in [4.78, 5) is 36.3. The molecule has 1 aromatic heterocycles. The first-order valence-electron chi connectivity index (χ1n) is 13.3. The van der Waals surface area contributed by atoms with Crippen molar-refractivity contribution in [3.63, 3.8) is 0 Å². The molecule has 0 saturated heterocycles. The van der Waals surface area contributed by atoms with Crippen LogP contribution in [0.25, 0.3) is 6.20 Å². The van der Waals surface area contributed by atoms with Crippen LogP contribution in [-0.2, 0) is 9.53 Å². The molecule has 0 aliphatic heterocycles. The zero-order valence-electron chi connectivity index (χ0n) is 22.6. The van der Waals surface area contributed by atoms with Crippen molar-refractivity contribution in [3.05, 3.63) is 17.8 Å². The van der Waals surface area contributed by atoms with Gasteiger partial charge in [-0.1, -0.05) is 13.8 Å². The molecular formula is C27H41N5O5. The van der Waals surface area contributed by atoms with Crippen molar-refractivity contribution in [1.82, 2.24) is 20.4 Å². The van der Waals surface area contributed by atoms with Gasteiger partial charge in [-0.25, -0.2) is 9.48 Å². The number of carbonyl (C=O) groups is 3. The van der Waals surface area contributed by atoms with Gasteiger partial charge in [0.2, 0.25) is 11.8 Å². The number of carbonyl (C=O) groups excluding carboxylic acids is 3. The van der Waals surface area contributed by atoms with Crippen LogP contribution in [0.4, 0.5) is 4.79 Å². The summed E-state index contributed by atoms with van der Waals surface area (Å²) in [5.74, 6) is 1.62. The highest BCUT2D eigenvalue weighted by Crippen LogP contribution is 2.60. The van der Waals surface area contributed by atoms with E-state index in [2.05, 4.69) is 15.7 Å². The lowest BCUT2D eigenvalue weighted by molar-refractivity contribution is -0.120. The quantitative estimate of drug-likeness (QED) is 0.437. The molecule has 0 aromatic carbocycles. The fourth-order valence-electron chi connectivity index (χ4n) is 6.81. The van der Waals surface area contributed by atoms with Gasteiger partial charge in [0.1, 0.15) is 5.56 Å². The molecule has 1 aromatic rings. The highest BCUT2D eigenvalue weighted by Gasteiger charge is 2.56. The first-order chi connectivity index (χ1) is 17.4. The Morgan fingerprint density at radius 2 is 1.92 bits per heavy atom.